The number of amides is 2. The number of carbonyl (C=O) groups is 3. The molecule has 182 valence electrons. The van der Waals surface area contributed by atoms with Crippen molar-refractivity contribution >= 4 is 18.0 Å². The molecule has 3 rings (SSSR count). The van der Waals surface area contributed by atoms with Crippen LogP contribution in [0.3, 0.4) is 0 Å². The van der Waals surface area contributed by atoms with Gasteiger partial charge in [-0.2, -0.15) is 0 Å². The monoisotopic (exact) mass is 470 g/mol. The van der Waals surface area contributed by atoms with Crippen LogP contribution in [0.15, 0.2) is 48.5 Å². The van der Waals surface area contributed by atoms with E-state index >= 15 is 0 Å². The minimum atomic E-state index is -0.776. The maximum absolute atomic E-state index is 12.8. The summed E-state index contributed by atoms with van der Waals surface area (Å²) in [7, 11) is 1.55. The molecular weight excluding hydrogens is 440 g/mol. The van der Waals surface area contributed by atoms with Crippen LogP contribution in [-0.2, 0) is 9.53 Å². The number of hydrogen-bond acceptors (Lipinski definition) is 7. The minimum Gasteiger partial charge on any atom is -0.493 e. The van der Waals surface area contributed by atoms with E-state index in [0.717, 1.165) is 12.8 Å². The quantitative estimate of drug-likeness (QED) is 0.443. The highest BCUT2D eigenvalue weighted by Gasteiger charge is 2.24. The SMILES string of the molecule is CCOC(=O)Oc1ccc(C(=O)N2CCC(CNC(=O)COc3ccccc3OC)CC2)cc1. The molecule has 1 aliphatic rings. The highest BCUT2D eigenvalue weighted by molar-refractivity contribution is 5.94. The third-order valence-electron chi connectivity index (χ3n) is 5.48. The first-order valence-corrected chi connectivity index (χ1v) is 11.3. The lowest BCUT2D eigenvalue weighted by Crippen LogP contribution is -2.42. The van der Waals surface area contributed by atoms with Crippen molar-refractivity contribution in [3.05, 3.63) is 54.1 Å². The second-order valence-corrected chi connectivity index (χ2v) is 7.79. The van der Waals surface area contributed by atoms with Gasteiger partial charge in [-0.25, -0.2) is 4.79 Å². The summed E-state index contributed by atoms with van der Waals surface area (Å²) in [5, 5.41) is 2.91. The molecule has 2 amide bonds. The second-order valence-electron chi connectivity index (χ2n) is 7.79. The lowest BCUT2D eigenvalue weighted by molar-refractivity contribution is -0.123. The van der Waals surface area contributed by atoms with E-state index in [9.17, 15) is 14.4 Å². The molecule has 1 N–H and O–H groups in total. The molecule has 1 fully saturated rings. The summed E-state index contributed by atoms with van der Waals surface area (Å²) < 4.78 is 20.5. The third kappa shape index (κ3) is 7.13. The summed E-state index contributed by atoms with van der Waals surface area (Å²) in [5.74, 6) is 1.43. The van der Waals surface area contributed by atoms with E-state index < -0.39 is 6.16 Å². The molecule has 1 aliphatic heterocycles. The van der Waals surface area contributed by atoms with E-state index in [0.29, 0.717) is 48.4 Å². The van der Waals surface area contributed by atoms with Gasteiger partial charge in [0.05, 0.1) is 13.7 Å². The molecule has 2 aromatic rings. The van der Waals surface area contributed by atoms with Gasteiger partial charge in [0.1, 0.15) is 5.75 Å². The molecular formula is C25H30N2O7. The average Bonchev–Trinajstić information content (AvgIpc) is 2.87. The second kappa shape index (κ2) is 12.5. The van der Waals surface area contributed by atoms with Gasteiger partial charge in [-0.3, -0.25) is 9.59 Å². The molecule has 1 saturated heterocycles. The van der Waals surface area contributed by atoms with Crippen LogP contribution in [0.25, 0.3) is 0 Å². The first kappa shape index (κ1) is 24.9. The highest BCUT2D eigenvalue weighted by Crippen LogP contribution is 2.25. The molecule has 0 unspecified atom stereocenters. The van der Waals surface area contributed by atoms with E-state index in [1.165, 1.54) is 0 Å². The van der Waals surface area contributed by atoms with Crippen molar-refractivity contribution in [1.82, 2.24) is 10.2 Å². The topological polar surface area (TPSA) is 103 Å². The number of rotatable bonds is 9. The van der Waals surface area contributed by atoms with Crippen LogP contribution in [0.2, 0.25) is 0 Å². The Morgan fingerprint density at radius 1 is 1.00 bits per heavy atom. The fourth-order valence-electron chi connectivity index (χ4n) is 3.62. The summed E-state index contributed by atoms with van der Waals surface area (Å²) in [6, 6.07) is 13.6. The predicted octanol–water partition coefficient (Wildman–Crippen LogP) is 3.28. The van der Waals surface area contributed by atoms with Crippen molar-refractivity contribution < 1.29 is 33.3 Å². The number of para-hydroxylation sites is 2. The Kier molecular flexibility index (Phi) is 9.13. The molecule has 0 bridgehead atoms. The predicted molar refractivity (Wildman–Crippen MR) is 124 cm³/mol. The van der Waals surface area contributed by atoms with Crippen LogP contribution < -0.4 is 19.5 Å². The summed E-state index contributed by atoms with van der Waals surface area (Å²) >= 11 is 0. The molecule has 2 aromatic carbocycles. The van der Waals surface area contributed by atoms with Gasteiger partial charge in [0.15, 0.2) is 18.1 Å². The van der Waals surface area contributed by atoms with Crippen LogP contribution in [0, 0.1) is 5.92 Å². The molecule has 0 spiro atoms. The Balaban J connectivity index is 1.38. The van der Waals surface area contributed by atoms with Gasteiger partial charge in [-0.05, 0) is 62.1 Å². The molecule has 0 atom stereocenters. The van der Waals surface area contributed by atoms with Gasteiger partial charge >= 0.3 is 6.16 Å². The van der Waals surface area contributed by atoms with Gasteiger partial charge in [-0.15, -0.1) is 0 Å². The molecule has 0 aromatic heterocycles. The maximum atomic E-state index is 12.8. The van der Waals surface area contributed by atoms with Gasteiger partial charge in [0.2, 0.25) is 0 Å². The Bertz CT molecular complexity index is 969. The van der Waals surface area contributed by atoms with Crippen molar-refractivity contribution in [2.24, 2.45) is 5.92 Å². The fourth-order valence-corrected chi connectivity index (χ4v) is 3.62. The lowest BCUT2D eigenvalue weighted by atomic mass is 9.96. The Labute approximate surface area is 198 Å². The Morgan fingerprint density at radius 3 is 2.32 bits per heavy atom. The maximum Gasteiger partial charge on any atom is 0.513 e. The normalized spacial score (nSPS) is 13.6. The third-order valence-corrected chi connectivity index (χ3v) is 5.48. The standard InChI is InChI=1S/C25H30N2O7/c1-3-32-25(30)34-20-10-8-19(9-11-20)24(29)27-14-12-18(13-15-27)16-26-23(28)17-33-22-7-5-4-6-21(22)31-2/h4-11,18H,3,12-17H2,1-2H3,(H,26,28). The number of nitrogens with one attached hydrogen (secondary N) is 1. The Morgan fingerprint density at radius 2 is 1.68 bits per heavy atom. The molecule has 9 heteroatoms. The van der Waals surface area contributed by atoms with Crippen molar-refractivity contribution in [3.8, 4) is 17.2 Å². The molecule has 34 heavy (non-hydrogen) atoms. The van der Waals surface area contributed by atoms with Gasteiger partial charge in [0, 0.05) is 25.2 Å². The zero-order chi connectivity index (χ0) is 24.3. The number of hydrogen-bond donors (Lipinski definition) is 1. The zero-order valence-electron chi connectivity index (χ0n) is 19.5. The Hall–Kier alpha value is -3.75. The summed E-state index contributed by atoms with van der Waals surface area (Å²) in [5.41, 5.74) is 0.524. The number of ether oxygens (including phenoxy) is 4. The molecule has 0 saturated carbocycles. The minimum absolute atomic E-state index is 0.0737. The van der Waals surface area contributed by atoms with E-state index in [-0.39, 0.29) is 25.0 Å². The summed E-state index contributed by atoms with van der Waals surface area (Å²) in [4.78, 5) is 38.1. The van der Waals surface area contributed by atoms with Crippen molar-refractivity contribution in [2.75, 3.05) is 40.0 Å². The number of likely N-dealkylation sites (tertiary alicyclic amines) is 1. The van der Waals surface area contributed by atoms with Gasteiger partial charge in [-0.1, -0.05) is 12.1 Å². The molecule has 0 aliphatic carbocycles. The number of piperidine rings is 1. The van der Waals surface area contributed by atoms with Crippen LogP contribution in [0.4, 0.5) is 4.79 Å². The first-order valence-electron chi connectivity index (χ1n) is 11.3. The fraction of sp³-hybridized carbons (Fsp3) is 0.400. The zero-order valence-corrected chi connectivity index (χ0v) is 19.5. The van der Waals surface area contributed by atoms with Crippen LogP contribution in [0.5, 0.6) is 17.2 Å². The van der Waals surface area contributed by atoms with Crippen LogP contribution in [-0.4, -0.2) is 62.8 Å². The van der Waals surface area contributed by atoms with Gasteiger partial charge < -0.3 is 29.2 Å². The highest BCUT2D eigenvalue weighted by atomic mass is 16.7. The van der Waals surface area contributed by atoms with Crippen molar-refractivity contribution in [1.29, 1.82) is 0 Å². The van der Waals surface area contributed by atoms with Crippen LogP contribution >= 0.6 is 0 Å². The molecule has 9 nitrogen and oxygen atoms in total. The largest absolute Gasteiger partial charge is 0.513 e. The first-order chi connectivity index (χ1) is 16.5. The summed E-state index contributed by atoms with van der Waals surface area (Å²) in [6.07, 6.45) is 0.814. The van der Waals surface area contributed by atoms with E-state index in [1.807, 2.05) is 12.1 Å². The summed E-state index contributed by atoms with van der Waals surface area (Å²) in [6.45, 7) is 3.59. The number of benzene rings is 2. The van der Waals surface area contributed by atoms with Crippen LogP contribution in [0.1, 0.15) is 30.1 Å². The average molecular weight is 471 g/mol. The van der Waals surface area contributed by atoms with E-state index in [1.54, 1.807) is 55.3 Å². The molecule has 0 radical (unpaired) electrons. The molecule has 1 heterocycles. The van der Waals surface area contributed by atoms with E-state index in [4.69, 9.17) is 18.9 Å². The van der Waals surface area contributed by atoms with Crippen molar-refractivity contribution in [2.45, 2.75) is 19.8 Å². The number of carbonyl (C=O) groups excluding carboxylic acids is 3. The lowest BCUT2D eigenvalue weighted by Gasteiger charge is -2.32. The van der Waals surface area contributed by atoms with Crippen molar-refractivity contribution in [3.63, 3.8) is 0 Å². The van der Waals surface area contributed by atoms with Gasteiger partial charge in [0.25, 0.3) is 11.8 Å². The smallest absolute Gasteiger partial charge is 0.493 e. The number of nitrogens with zero attached hydrogens (tertiary/aromatic N) is 1. The van der Waals surface area contributed by atoms with E-state index in [2.05, 4.69) is 5.32 Å². The number of methoxy groups -OCH3 is 1.